The van der Waals surface area contributed by atoms with Crippen LogP contribution in [-0.2, 0) is 4.79 Å². The number of nitrogens with one attached hydrogen (secondary N) is 2. The zero-order chi connectivity index (χ0) is 18.2. The van der Waals surface area contributed by atoms with Gasteiger partial charge in [-0.3, -0.25) is 4.79 Å². The van der Waals surface area contributed by atoms with E-state index in [2.05, 4.69) is 39.7 Å². The van der Waals surface area contributed by atoms with Crippen LogP contribution < -0.4 is 15.2 Å². The summed E-state index contributed by atoms with van der Waals surface area (Å²) in [6, 6.07) is 16.5. The summed E-state index contributed by atoms with van der Waals surface area (Å²) in [5.41, 5.74) is 4.39. The second-order valence-electron chi connectivity index (χ2n) is 6.42. The highest BCUT2D eigenvalue weighted by atomic mass is 19.1. The van der Waals surface area contributed by atoms with Crippen molar-refractivity contribution in [2.24, 2.45) is 5.10 Å². The summed E-state index contributed by atoms with van der Waals surface area (Å²) in [4.78, 5) is 15.7. The van der Waals surface area contributed by atoms with Crippen molar-refractivity contribution in [1.29, 1.82) is 0 Å². The van der Waals surface area contributed by atoms with Crippen molar-refractivity contribution in [3.63, 3.8) is 0 Å². The Morgan fingerprint density at radius 1 is 1.15 bits per heavy atom. The first-order chi connectivity index (χ1) is 12.7. The van der Waals surface area contributed by atoms with Crippen LogP contribution in [0.2, 0.25) is 0 Å². The molecule has 0 bridgehead atoms. The van der Waals surface area contributed by atoms with Gasteiger partial charge < -0.3 is 9.80 Å². The lowest BCUT2D eigenvalue weighted by atomic mass is 10.2. The van der Waals surface area contributed by atoms with Crippen LogP contribution in [0.4, 0.5) is 10.1 Å². The molecule has 0 unspecified atom stereocenters. The Bertz CT molecular complexity index is 742. The first-order valence-electron chi connectivity index (χ1n) is 8.92. The van der Waals surface area contributed by atoms with E-state index in [0.717, 1.165) is 32.7 Å². The van der Waals surface area contributed by atoms with E-state index in [-0.39, 0.29) is 11.7 Å². The molecule has 136 valence electrons. The van der Waals surface area contributed by atoms with Gasteiger partial charge in [0, 0.05) is 5.69 Å². The molecule has 5 nitrogen and oxygen atoms in total. The van der Waals surface area contributed by atoms with Crippen LogP contribution in [0.1, 0.15) is 12.0 Å². The monoisotopic (exact) mass is 355 g/mol. The number of para-hydroxylation sites is 1. The van der Waals surface area contributed by atoms with E-state index in [9.17, 15) is 9.18 Å². The number of carbonyl (C=O) groups excluding carboxylic acids is 1. The second kappa shape index (κ2) is 9.10. The molecule has 1 heterocycles. The number of nitrogens with zero attached hydrogens (tertiary/aromatic N) is 2. The van der Waals surface area contributed by atoms with Crippen molar-refractivity contribution in [3.05, 3.63) is 66.0 Å². The average molecular weight is 355 g/mol. The molecule has 0 aliphatic carbocycles. The van der Waals surface area contributed by atoms with Crippen LogP contribution in [0.25, 0.3) is 0 Å². The standard InChI is InChI=1S/C20H23FN4O/c21-18-6-4-5-17(15-18)16-22-23-20(26)9-10-24-11-13-25(14-12-24)19-7-2-1-3-8-19/h1-8,15-16H,9-14H2,(H,23,26)/p+1. The molecule has 26 heavy (non-hydrogen) atoms. The molecule has 1 aliphatic heterocycles. The fourth-order valence-electron chi connectivity index (χ4n) is 3.08. The molecule has 1 aliphatic rings. The molecule has 0 aromatic heterocycles. The summed E-state index contributed by atoms with van der Waals surface area (Å²) < 4.78 is 13.1. The maximum atomic E-state index is 13.1. The number of hydrogen-bond donors (Lipinski definition) is 2. The highest BCUT2D eigenvalue weighted by Gasteiger charge is 2.20. The van der Waals surface area contributed by atoms with Gasteiger partial charge in [-0.15, -0.1) is 0 Å². The summed E-state index contributed by atoms with van der Waals surface area (Å²) >= 11 is 0. The molecule has 6 heteroatoms. The molecule has 0 atom stereocenters. The predicted octanol–water partition coefficient (Wildman–Crippen LogP) is 1.07. The van der Waals surface area contributed by atoms with Crippen molar-refractivity contribution in [1.82, 2.24) is 5.43 Å². The van der Waals surface area contributed by atoms with Crippen LogP contribution in [-0.4, -0.2) is 44.8 Å². The first kappa shape index (κ1) is 18.1. The largest absolute Gasteiger partial charge is 0.360 e. The molecule has 2 N–H and O–H groups in total. The topological polar surface area (TPSA) is 49.1 Å². The number of hydrazone groups is 1. The Morgan fingerprint density at radius 3 is 2.65 bits per heavy atom. The highest BCUT2D eigenvalue weighted by Crippen LogP contribution is 2.12. The van der Waals surface area contributed by atoms with Crippen molar-refractivity contribution in [2.75, 3.05) is 37.6 Å². The molecular formula is C20H24FN4O+. The Kier molecular flexibility index (Phi) is 6.33. The van der Waals surface area contributed by atoms with Gasteiger partial charge in [-0.1, -0.05) is 30.3 Å². The molecule has 2 aromatic carbocycles. The molecule has 0 saturated carbocycles. The SMILES string of the molecule is O=C(CC[NH+]1CCN(c2ccccc2)CC1)NN=Cc1cccc(F)c1. The Balaban J connectivity index is 1.36. The Morgan fingerprint density at radius 2 is 1.92 bits per heavy atom. The third kappa shape index (κ3) is 5.39. The van der Waals surface area contributed by atoms with Gasteiger partial charge in [0.05, 0.1) is 45.4 Å². The van der Waals surface area contributed by atoms with E-state index < -0.39 is 0 Å². The molecule has 1 amide bonds. The van der Waals surface area contributed by atoms with Crippen molar-refractivity contribution >= 4 is 17.8 Å². The molecule has 0 radical (unpaired) electrons. The van der Waals surface area contributed by atoms with Crippen LogP contribution in [0.3, 0.4) is 0 Å². The molecule has 2 aromatic rings. The normalized spacial score (nSPS) is 15.3. The zero-order valence-electron chi connectivity index (χ0n) is 14.7. The summed E-state index contributed by atoms with van der Waals surface area (Å²) in [6.07, 6.45) is 1.88. The molecule has 1 fully saturated rings. The fraction of sp³-hybridized carbons (Fsp3) is 0.300. The number of piperazine rings is 1. The predicted molar refractivity (Wildman–Crippen MR) is 101 cm³/mol. The van der Waals surface area contributed by atoms with Crippen LogP contribution in [0.5, 0.6) is 0 Å². The fourth-order valence-corrected chi connectivity index (χ4v) is 3.08. The van der Waals surface area contributed by atoms with Crippen LogP contribution >= 0.6 is 0 Å². The maximum Gasteiger partial charge on any atom is 0.245 e. The van der Waals surface area contributed by atoms with Gasteiger partial charge in [0.15, 0.2) is 0 Å². The van der Waals surface area contributed by atoms with Gasteiger partial charge in [0.1, 0.15) is 5.82 Å². The van der Waals surface area contributed by atoms with Crippen LogP contribution in [0.15, 0.2) is 59.7 Å². The zero-order valence-corrected chi connectivity index (χ0v) is 14.7. The van der Waals surface area contributed by atoms with Gasteiger partial charge in [-0.25, -0.2) is 9.82 Å². The van der Waals surface area contributed by atoms with E-state index in [1.54, 1.807) is 12.1 Å². The van der Waals surface area contributed by atoms with E-state index >= 15 is 0 Å². The van der Waals surface area contributed by atoms with E-state index in [4.69, 9.17) is 0 Å². The minimum Gasteiger partial charge on any atom is -0.360 e. The maximum absolute atomic E-state index is 13.1. The molecule has 3 rings (SSSR count). The summed E-state index contributed by atoms with van der Waals surface area (Å²) in [6.45, 7) is 4.84. The van der Waals surface area contributed by atoms with Gasteiger partial charge in [-0.05, 0) is 29.8 Å². The van der Waals surface area contributed by atoms with Crippen LogP contribution in [0, 0.1) is 5.82 Å². The van der Waals surface area contributed by atoms with Gasteiger partial charge in [0.25, 0.3) is 0 Å². The number of halogens is 1. The number of hydrogen-bond acceptors (Lipinski definition) is 3. The summed E-state index contributed by atoms with van der Waals surface area (Å²) in [7, 11) is 0. The Labute approximate surface area is 153 Å². The lowest BCUT2D eigenvalue weighted by molar-refractivity contribution is -0.900. The van der Waals surface area contributed by atoms with Crippen molar-refractivity contribution in [2.45, 2.75) is 6.42 Å². The van der Waals surface area contributed by atoms with Gasteiger partial charge in [-0.2, -0.15) is 5.10 Å². The number of benzene rings is 2. The minimum absolute atomic E-state index is 0.115. The van der Waals surface area contributed by atoms with Gasteiger partial charge >= 0.3 is 0 Å². The van der Waals surface area contributed by atoms with Crippen molar-refractivity contribution in [3.8, 4) is 0 Å². The lowest BCUT2D eigenvalue weighted by Crippen LogP contribution is -3.15. The number of quaternary nitrogens is 1. The van der Waals surface area contributed by atoms with E-state index in [1.807, 2.05) is 6.07 Å². The second-order valence-corrected chi connectivity index (χ2v) is 6.42. The highest BCUT2D eigenvalue weighted by molar-refractivity contribution is 5.82. The minimum atomic E-state index is -0.321. The molecule has 1 saturated heterocycles. The van der Waals surface area contributed by atoms with E-state index in [0.29, 0.717) is 12.0 Å². The quantitative estimate of drug-likeness (QED) is 0.602. The number of anilines is 1. The van der Waals surface area contributed by atoms with Gasteiger partial charge in [0.2, 0.25) is 5.91 Å². The third-order valence-electron chi connectivity index (χ3n) is 4.55. The summed E-state index contributed by atoms with van der Waals surface area (Å²) in [5.74, 6) is -0.436. The lowest BCUT2D eigenvalue weighted by Gasteiger charge is -2.33. The number of carbonyl (C=O) groups is 1. The Hall–Kier alpha value is -2.73. The van der Waals surface area contributed by atoms with E-state index in [1.165, 1.54) is 28.9 Å². The smallest absolute Gasteiger partial charge is 0.245 e. The molecular weight excluding hydrogens is 331 g/mol. The van der Waals surface area contributed by atoms with Crippen molar-refractivity contribution < 1.29 is 14.1 Å². The first-order valence-corrected chi connectivity index (χ1v) is 8.92. The number of amides is 1. The molecule has 0 spiro atoms. The third-order valence-corrected chi connectivity index (χ3v) is 4.55. The average Bonchev–Trinajstić information content (AvgIpc) is 2.68. The number of rotatable bonds is 6. The summed E-state index contributed by atoms with van der Waals surface area (Å²) in [5, 5.41) is 3.89.